The van der Waals surface area contributed by atoms with E-state index < -0.39 is 5.97 Å². The monoisotopic (exact) mass is 508 g/mol. The van der Waals surface area contributed by atoms with Crippen molar-refractivity contribution in [3.8, 4) is 22.8 Å². The van der Waals surface area contributed by atoms with Gasteiger partial charge < -0.3 is 15.2 Å². The Bertz CT molecular complexity index is 1360. The van der Waals surface area contributed by atoms with E-state index in [0.717, 1.165) is 11.4 Å². The molecule has 1 heterocycles. The lowest BCUT2D eigenvalue weighted by atomic mass is 10.2. The Morgan fingerprint density at radius 2 is 1.74 bits per heavy atom. The Morgan fingerprint density at radius 1 is 1.03 bits per heavy atom. The number of halogens is 1. The number of benzene rings is 3. The van der Waals surface area contributed by atoms with Crippen LogP contribution in [0.3, 0.4) is 0 Å². The van der Waals surface area contributed by atoms with Crippen LogP contribution < -0.4 is 10.1 Å². The Balaban J connectivity index is 1.62. The number of amides is 1. The number of rotatable bonds is 9. The van der Waals surface area contributed by atoms with Crippen molar-refractivity contribution in [1.29, 1.82) is 0 Å². The van der Waals surface area contributed by atoms with E-state index >= 15 is 0 Å². The number of para-hydroxylation sites is 1. The fourth-order valence-corrected chi connectivity index (χ4v) is 4.34. The highest BCUT2D eigenvalue weighted by atomic mass is 35.5. The van der Waals surface area contributed by atoms with E-state index in [1.807, 2.05) is 54.0 Å². The number of aromatic nitrogens is 3. The van der Waals surface area contributed by atoms with Crippen molar-refractivity contribution < 1.29 is 19.4 Å². The molecule has 8 nitrogen and oxygen atoms in total. The number of hydrogen-bond acceptors (Lipinski definition) is 6. The zero-order valence-corrected chi connectivity index (χ0v) is 20.2. The van der Waals surface area contributed by atoms with E-state index in [4.69, 9.17) is 16.3 Å². The molecule has 4 aromatic rings. The minimum Gasteiger partial charge on any atom is -0.494 e. The highest BCUT2D eigenvalue weighted by Gasteiger charge is 2.20. The number of nitrogens with zero attached hydrogens (tertiary/aromatic N) is 3. The molecule has 0 aliphatic rings. The molecule has 2 N–H and O–H groups in total. The number of carbonyl (C=O) groups is 2. The Kier molecular flexibility index (Phi) is 7.69. The van der Waals surface area contributed by atoms with Gasteiger partial charge in [0.15, 0.2) is 11.0 Å². The Labute approximate surface area is 210 Å². The maximum atomic E-state index is 12.6. The van der Waals surface area contributed by atoms with Crippen LogP contribution in [0.25, 0.3) is 17.1 Å². The lowest BCUT2D eigenvalue weighted by Gasteiger charge is -2.12. The van der Waals surface area contributed by atoms with Crippen molar-refractivity contribution in [3.63, 3.8) is 0 Å². The molecule has 0 fully saturated rings. The van der Waals surface area contributed by atoms with Gasteiger partial charge in [-0.05, 0) is 55.5 Å². The minimum atomic E-state index is -1.12. The maximum absolute atomic E-state index is 12.6. The molecule has 0 unspecified atom stereocenters. The van der Waals surface area contributed by atoms with Gasteiger partial charge in [-0.1, -0.05) is 47.6 Å². The predicted octanol–water partition coefficient (Wildman–Crippen LogP) is 5.42. The molecule has 0 saturated heterocycles. The topological polar surface area (TPSA) is 106 Å². The molecular formula is C25H21ClN4O4S. The first-order valence-electron chi connectivity index (χ1n) is 10.7. The zero-order chi connectivity index (χ0) is 24.8. The summed E-state index contributed by atoms with van der Waals surface area (Å²) in [5.41, 5.74) is 1.72. The van der Waals surface area contributed by atoms with Gasteiger partial charge in [0.2, 0.25) is 5.91 Å². The van der Waals surface area contributed by atoms with Crippen LogP contribution in [-0.2, 0) is 4.79 Å². The molecule has 1 aromatic heterocycles. The summed E-state index contributed by atoms with van der Waals surface area (Å²) in [7, 11) is 0. The predicted molar refractivity (Wildman–Crippen MR) is 136 cm³/mol. The molecule has 0 saturated carbocycles. The number of anilines is 1. The van der Waals surface area contributed by atoms with E-state index in [9.17, 15) is 14.7 Å². The van der Waals surface area contributed by atoms with Crippen LogP contribution in [0.5, 0.6) is 5.75 Å². The number of aromatic carboxylic acids is 1. The third-order valence-corrected chi connectivity index (χ3v) is 6.18. The SMILES string of the molecule is CCOc1ccc(-n2c(SCC(=O)Nc3ccccc3C(=O)O)nnc2-c2ccccc2Cl)cc1. The van der Waals surface area contributed by atoms with Crippen molar-refractivity contribution in [2.45, 2.75) is 12.1 Å². The van der Waals surface area contributed by atoms with Crippen LogP contribution in [-0.4, -0.2) is 44.1 Å². The highest BCUT2D eigenvalue weighted by Crippen LogP contribution is 2.32. The van der Waals surface area contributed by atoms with Gasteiger partial charge in [0.25, 0.3) is 0 Å². The molecule has 10 heteroatoms. The molecule has 3 aromatic carbocycles. The van der Waals surface area contributed by atoms with Gasteiger partial charge >= 0.3 is 5.97 Å². The second kappa shape index (κ2) is 11.1. The van der Waals surface area contributed by atoms with Crippen molar-refractivity contribution in [3.05, 3.63) is 83.4 Å². The molecule has 0 aliphatic heterocycles. The van der Waals surface area contributed by atoms with E-state index in [-0.39, 0.29) is 22.9 Å². The van der Waals surface area contributed by atoms with Crippen LogP contribution in [0.2, 0.25) is 5.02 Å². The average molecular weight is 509 g/mol. The first-order chi connectivity index (χ1) is 17.0. The van der Waals surface area contributed by atoms with Crippen molar-refractivity contribution in [2.75, 3.05) is 17.7 Å². The summed E-state index contributed by atoms with van der Waals surface area (Å²) < 4.78 is 7.36. The summed E-state index contributed by atoms with van der Waals surface area (Å²) >= 11 is 7.61. The standard InChI is InChI=1S/C25H21ClN4O4S/c1-2-34-17-13-11-16(12-14-17)30-23(18-7-3-5-9-20(18)26)28-29-25(30)35-15-22(31)27-21-10-6-4-8-19(21)24(32)33/h3-14H,2,15H2,1H3,(H,27,31)(H,32,33). The van der Waals surface area contributed by atoms with Gasteiger partial charge in [0.05, 0.1) is 28.6 Å². The van der Waals surface area contributed by atoms with Gasteiger partial charge in [0, 0.05) is 11.3 Å². The summed E-state index contributed by atoms with van der Waals surface area (Å²) in [4.78, 5) is 24.1. The number of hydrogen-bond donors (Lipinski definition) is 2. The molecular weight excluding hydrogens is 488 g/mol. The largest absolute Gasteiger partial charge is 0.494 e. The van der Waals surface area contributed by atoms with Crippen LogP contribution >= 0.6 is 23.4 Å². The molecule has 0 aliphatic carbocycles. The first-order valence-corrected chi connectivity index (χ1v) is 12.0. The molecule has 0 spiro atoms. The van der Waals surface area contributed by atoms with Crippen LogP contribution in [0.4, 0.5) is 5.69 Å². The number of ether oxygens (including phenoxy) is 1. The number of nitrogens with one attached hydrogen (secondary N) is 1. The number of thioether (sulfide) groups is 1. The number of carboxylic acids is 1. The summed E-state index contributed by atoms with van der Waals surface area (Å²) in [6.07, 6.45) is 0. The normalized spacial score (nSPS) is 10.7. The quantitative estimate of drug-likeness (QED) is 0.291. The fraction of sp³-hybridized carbons (Fsp3) is 0.120. The lowest BCUT2D eigenvalue weighted by Crippen LogP contribution is -2.17. The van der Waals surface area contributed by atoms with Gasteiger partial charge in [-0.3, -0.25) is 9.36 Å². The third kappa shape index (κ3) is 5.64. The first kappa shape index (κ1) is 24.3. The average Bonchev–Trinajstić information content (AvgIpc) is 3.27. The molecule has 178 valence electrons. The minimum absolute atomic E-state index is 0.00830. The Morgan fingerprint density at radius 3 is 2.46 bits per heavy atom. The summed E-state index contributed by atoms with van der Waals surface area (Å²) in [5, 5.41) is 21.6. The van der Waals surface area contributed by atoms with E-state index in [1.54, 1.807) is 24.3 Å². The second-order valence-corrected chi connectivity index (χ2v) is 8.59. The van der Waals surface area contributed by atoms with Crippen LogP contribution in [0, 0.1) is 0 Å². The summed E-state index contributed by atoms with van der Waals surface area (Å²) in [6.45, 7) is 2.47. The van der Waals surface area contributed by atoms with Crippen LogP contribution in [0.15, 0.2) is 78.0 Å². The van der Waals surface area contributed by atoms with Crippen molar-refractivity contribution >= 4 is 40.9 Å². The second-order valence-electron chi connectivity index (χ2n) is 7.24. The van der Waals surface area contributed by atoms with E-state index in [1.165, 1.54) is 17.8 Å². The molecule has 0 bridgehead atoms. The maximum Gasteiger partial charge on any atom is 0.337 e. The van der Waals surface area contributed by atoms with Gasteiger partial charge in [0.1, 0.15) is 5.75 Å². The van der Waals surface area contributed by atoms with E-state index in [0.29, 0.717) is 28.2 Å². The fourth-order valence-electron chi connectivity index (χ4n) is 3.37. The number of carboxylic acid groups (broad SMARTS) is 1. The van der Waals surface area contributed by atoms with E-state index in [2.05, 4.69) is 15.5 Å². The van der Waals surface area contributed by atoms with Gasteiger partial charge in [-0.25, -0.2) is 4.79 Å². The molecule has 1 amide bonds. The smallest absolute Gasteiger partial charge is 0.337 e. The molecule has 35 heavy (non-hydrogen) atoms. The number of carbonyl (C=O) groups excluding carboxylic acids is 1. The highest BCUT2D eigenvalue weighted by molar-refractivity contribution is 7.99. The summed E-state index contributed by atoms with van der Waals surface area (Å²) in [5.74, 6) is -0.239. The Hall–Kier alpha value is -3.82. The molecule has 4 rings (SSSR count). The van der Waals surface area contributed by atoms with Crippen molar-refractivity contribution in [2.24, 2.45) is 0 Å². The van der Waals surface area contributed by atoms with Crippen LogP contribution in [0.1, 0.15) is 17.3 Å². The molecule has 0 radical (unpaired) electrons. The van der Waals surface area contributed by atoms with Gasteiger partial charge in [-0.15, -0.1) is 10.2 Å². The summed E-state index contributed by atoms with van der Waals surface area (Å²) in [6, 6.07) is 21.0. The third-order valence-electron chi connectivity index (χ3n) is 4.92. The van der Waals surface area contributed by atoms with Gasteiger partial charge in [-0.2, -0.15) is 0 Å². The zero-order valence-electron chi connectivity index (χ0n) is 18.6. The molecule has 0 atom stereocenters. The lowest BCUT2D eigenvalue weighted by molar-refractivity contribution is -0.113. The van der Waals surface area contributed by atoms with Crippen molar-refractivity contribution in [1.82, 2.24) is 14.8 Å².